The van der Waals surface area contributed by atoms with E-state index in [-0.39, 0.29) is 88.7 Å². The van der Waals surface area contributed by atoms with Crippen LogP contribution in [0.5, 0.6) is 0 Å². The summed E-state index contributed by atoms with van der Waals surface area (Å²) in [6.45, 7) is 0. The molecule has 0 fully saturated rings. The van der Waals surface area contributed by atoms with Crippen LogP contribution in [0.1, 0.15) is 0 Å². The third-order valence-corrected chi connectivity index (χ3v) is 2.86. The Morgan fingerprint density at radius 1 is 0.929 bits per heavy atom. The Morgan fingerprint density at radius 3 is 1.29 bits per heavy atom. The van der Waals surface area contributed by atoms with Gasteiger partial charge >= 0.3 is 15.2 Å². The molecule has 71 valence electrons. The number of aliphatic hydroxyl groups is 1. The smallest absolute Gasteiger partial charge is 0.354 e. The minimum absolute atomic E-state index is 0. The number of hydrogen-bond donors (Lipinski definition) is 5. The largest absolute Gasteiger partial charge is 0.380 e. The SMILES string of the molecule is O=P(O)(O)CC(O)P(=O)(O)O.[Na].[Na].[Na]. The Balaban J connectivity index is -0.000000167. The van der Waals surface area contributed by atoms with Gasteiger partial charge in [0.15, 0.2) is 5.85 Å². The van der Waals surface area contributed by atoms with Crippen LogP contribution in [0.4, 0.5) is 0 Å². The van der Waals surface area contributed by atoms with Crippen molar-refractivity contribution in [3.63, 3.8) is 0 Å². The molecule has 0 aliphatic heterocycles. The fraction of sp³-hybridized carbons (Fsp3) is 1.00. The number of hydrogen-bond acceptors (Lipinski definition) is 3. The van der Waals surface area contributed by atoms with Gasteiger partial charge in [0.2, 0.25) is 0 Å². The molecule has 1 atom stereocenters. The van der Waals surface area contributed by atoms with Crippen LogP contribution in [0.3, 0.4) is 0 Å². The molecule has 12 heteroatoms. The van der Waals surface area contributed by atoms with E-state index in [1.165, 1.54) is 0 Å². The third kappa shape index (κ3) is 15.3. The molecule has 0 heterocycles. The Hall–Kier alpha value is 3.26. The summed E-state index contributed by atoms with van der Waals surface area (Å²) in [5.41, 5.74) is 0. The molecular formula is C2H8Na3O7P2. The molecule has 0 aliphatic rings. The van der Waals surface area contributed by atoms with Crippen LogP contribution in [-0.4, -0.2) is 125 Å². The molecule has 0 aromatic carbocycles. The second kappa shape index (κ2) is 10.2. The Kier molecular flexibility index (Phi) is 18.9. The molecule has 3 radical (unpaired) electrons. The zero-order chi connectivity index (χ0) is 9.28. The van der Waals surface area contributed by atoms with Gasteiger partial charge < -0.3 is 24.7 Å². The normalized spacial score (nSPS) is 12.9. The zero-order valence-corrected chi connectivity index (χ0v) is 16.0. The van der Waals surface area contributed by atoms with Gasteiger partial charge in [0.1, 0.15) is 0 Å². The summed E-state index contributed by atoms with van der Waals surface area (Å²) in [6, 6.07) is 0. The van der Waals surface area contributed by atoms with Crippen molar-refractivity contribution < 1.29 is 33.8 Å². The van der Waals surface area contributed by atoms with Crippen LogP contribution in [0.15, 0.2) is 0 Å². The summed E-state index contributed by atoms with van der Waals surface area (Å²) in [7, 11) is -9.35. The second-order valence-corrected chi connectivity index (χ2v) is 5.39. The van der Waals surface area contributed by atoms with E-state index in [0.717, 1.165) is 0 Å². The van der Waals surface area contributed by atoms with Gasteiger partial charge in [-0.25, -0.2) is 0 Å². The van der Waals surface area contributed by atoms with Crippen LogP contribution in [0, 0.1) is 0 Å². The van der Waals surface area contributed by atoms with E-state index in [9.17, 15) is 9.13 Å². The van der Waals surface area contributed by atoms with Crippen molar-refractivity contribution in [2.45, 2.75) is 5.85 Å². The van der Waals surface area contributed by atoms with Crippen molar-refractivity contribution in [1.82, 2.24) is 0 Å². The first-order valence-electron chi connectivity index (χ1n) is 2.41. The molecule has 0 aromatic rings. The molecule has 14 heavy (non-hydrogen) atoms. The summed E-state index contributed by atoms with van der Waals surface area (Å²) in [5.74, 6) is -2.29. The maximum atomic E-state index is 10.1. The van der Waals surface area contributed by atoms with Crippen LogP contribution in [0.25, 0.3) is 0 Å². The van der Waals surface area contributed by atoms with E-state index < -0.39 is 27.2 Å². The van der Waals surface area contributed by atoms with Crippen LogP contribution in [0.2, 0.25) is 0 Å². The fourth-order valence-electron chi connectivity index (χ4n) is 0.319. The summed E-state index contributed by atoms with van der Waals surface area (Å²) < 4.78 is 20.2. The van der Waals surface area contributed by atoms with Crippen molar-refractivity contribution in [1.29, 1.82) is 0 Å². The molecule has 1 unspecified atom stereocenters. The van der Waals surface area contributed by atoms with Crippen molar-refractivity contribution in [2.24, 2.45) is 0 Å². The van der Waals surface area contributed by atoms with Gasteiger partial charge in [-0.05, 0) is 0 Å². The molecular weight excluding hydrogens is 267 g/mol. The van der Waals surface area contributed by atoms with Gasteiger partial charge in [0, 0.05) is 88.7 Å². The van der Waals surface area contributed by atoms with E-state index in [1.54, 1.807) is 0 Å². The molecule has 7 nitrogen and oxygen atoms in total. The van der Waals surface area contributed by atoms with Crippen molar-refractivity contribution in [3.8, 4) is 0 Å². The molecule has 0 saturated heterocycles. The molecule has 0 spiro atoms. The van der Waals surface area contributed by atoms with Gasteiger partial charge in [0.25, 0.3) is 0 Å². The second-order valence-electron chi connectivity index (χ2n) is 1.92. The standard InChI is InChI=1S/C2H8O7P2.3Na/c3-2(11(7,8)9)1-10(4,5)6;;;/h2-3H,1H2,(H2,4,5,6)(H2,7,8,9);;;. The predicted molar refractivity (Wildman–Crippen MR) is 52.2 cm³/mol. The van der Waals surface area contributed by atoms with Crippen LogP contribution in [-0.2, 0) is 9.13 Å². The molecule has 0 bridgehead atoms. The molecule has 0 aliphatic carbocycles. The van der Waals surface area contributed by atoms with E-state index in [1.807, 2.05) is 0 Å². The molecule has 5 N–H and O–H groups in total. The quantitative estimate of drug-likeness (QED) is 0.284. The van der Waals surface area contributed by atoms with Crippen LogP contribution < -0.4 is 0 Å². The summed E-state index contributed by atoms with van der Waals surface area (Å²) in [6.07, 6.45) is -1.22. The minimum atomic E-state index is -4.79. The van der Waals surface area contributed by atoms with E-state index >= 15 is 0 Å². The molecule has 0 amide bonds. The van der Waals surface area contributed by atoms with Crippen molar-refractivity contribution in [3.05, 3.63) is 0 Å². The van der Waals surface area contributed by atoms with Crippen molar-refractivity contribution in [2.75, 3.05) is 6.16 Å². The molecule has 0 rings (SSSR count). The number of rotatable bonds is 3. The van der Waals surface area contributed by atoms with Crippen LogP contribution >= 0.6 is 15.2 Å². The Morgan fingerprint density at radius 2 is 1.21 bits per heavy atom. The van der Waals surface area contributed by atoms with Gasteiger partial charge in [0.05, 0.1) is 6.16 Å². The first-order chi connectivity index (χ1) is 4.63. The maximum Gasteiger partial charge on any atom is 0.354 e. The first kappa shape index (κ1) is 26.0. The fourth-order valence-corrected chi connectivity index (χ4v) is 2.23. The van der Waals surface area contributed by atoms with E-state index in [2.05, 4.69) is 0 Å². The maximum absolute atomic E-state index is 10.1. The van der Waals surface area contributed by atoms with Gasteiger partial charge in [-0.3, -0.25) is 9.13 Å². The third-order valence-electron chi connectivity index (χ3n) is 0.789. The Labute approximate surface area is 147 Å². The van der Waals surface area contributed by atoms with Gasteiger partial charge in [-0.15, -0.1) is 0 Å². The predicted octanol–water partition coefficient (Wildman–Crippen LogP) is -2.48. The minimum Gasteiger partial charge on any atom is -0.380 e. The topological polar surface area (TPSA) is 135 Å². The monoisotopic (exact) mass is 275 g/mol. The zero-order valence-electron chi connectivity index (χ0n) is 8.23. The van der Waals surface area contributed by atoms with Gasteiger partial charge in [-0.1, -0.05) is 0 Å². The van der Waals surface area contributed by atoms with Gasteiger partial charge in [-0.2, -0.15) is 0 Å². The van der Waals surface area contributed by atoms with E-state index in [4.69, 9.17) is 24.7 Å². The number of aliphatic hydroxyl groups excluding tert-OH is 1. The molecule has 0 saturated carbocycles. The average molecular weight is 275 g/mol. The van der Waals surface area contributed by atoms with E-state index in [0.29, 0.717) is 0 Å². The summed E-state index contributed by atoms with van der Waals surface area (Å²) in [5, 5.41) is 8.47. The Bertz CT molecular complexity index is 221. The average Bonchev–Trinajstić information content (AvgIpc) is 1.56. The summed E-state index contributed by atoms with van der Waals surface area (Å²) >= 11 is 0. The summed E-state index contributed by atoms with van der Waals surface area (Å²) in [4.78, 5) is 32.7. The first-order valence-corrected chi connectivity index (χ1v) is 5.89. The molecule has 0 aromatic heterocycles. The van der Waals surface area contributed by atoms with Crippen molar-refractivity contribution >= 4 is 104 Å².